The van der Waals surface area contributed by atoms with E-state index >= 15 is 0 Å². The zero-order valence-electron chi connectivity index (χ0n) is 20.7. The van der Waals surface area contributed by atoms with Crippen LogP contribution in [0.1, 0.15) is 41.7 Å². The van der Waals surface area contributed by atoms with E-state index in [0.717, 1.165) is 65.6 Å². The van der Waals surface area contributed by atoms with E-state index in [9.17, 15) is 4.79 Å². The molecule has 0 radical (unpaired) electrons. The van der Waals surface area contributed by atoms with Gasteiger partial charge in [-0.2, -0.15) is 9.61 Å². The van der Waals surface area contributed by atoms with Crippen LogP contribution in [-0.2, 0) is 0 Å². The number of nitrogens with one attached hydrogen (secondary N) is 1. The van der Waals surface area contributed by atoms with E-state index in [1.165, 1.54) is 25.9 Å². The van der Waals surface area contributed by atoms with Gasteiger partial charge in [-0.1, -0.05) is 30.3 Å². The Hall–Kier alpha value is -3.71. The van der Waals surface area contributed by atoms with Crippen LogP contribution >= 0.6 is 0 Å². The van der Waals surface area contributed by atoms with Crippen molar-refractivity contribution in [3.05, 3.63) is 78.0 Å². The fourth-order valence-corrected chi connectivity index (χ4v) is 5.50. The van der Waals surface area contributed by atoms with Gasteiger partial charge in [0.2, 0.25) is 0 Å². The standard InChI is InChI=1S/C29H32N6O/c1-21-19-27-31-26(22-7-3-2-4-8-22)20-28(35(27)32-21)30-24-11-9-23(10-12-24)29(36)34-17-13-25(14-18-34)33-15-5-6-16-33/h2-4,7-12,19-20,25,30H,5-6,13-18H2,1H3. The first-order valence-corrected chi connectivity index (χ1v) is 13.0. The molecule has 1 amide bonds. The maximum absolute atomic E-state index is 13.1. The molecule has 2 saturated heterocycles. The SMILES string of the molecule is Cc1cc2nc(-c3ccccc3)cc(Nc3ccc(C(=O)N4CCC(N5CCCC5)CC4)cc3)n2n1. The van der Waals surface area contributed by atoms with Crippen LogP contribution in [0.25, 0.3) is 16.9 Å². The van der Waals surface area contributed by atoms with Crippen molar-refractivity contribution in [2.24, 2.45) is 0 Å². The van der Waals surface area contributed by atoms with Gasteiger partial charge in [-0.25, -0.2) is 4.98 Å². The highest BCUT2D eigenvalue weighted by Crippen LogP contribution is 2.26. The fourth-order valence-electron chi connectivity index (χ4n) is 5.50. The number of likely N-dealkylation sites (tertiary alicyclic amines) is 2. The minimum atomic E-state index is 0.127. The van der Waals surface area contributed by atoms with Gasteiger partial charge >= 0.3 is 0 Å². The zero-order valence-corrected chi connectivity index (χ0v) is 20.7. The van der Waals surface area contributed by atoms with Gasteiger partial charge in [0.05, 0.1) is 11.4 Å². The molecule has 2 aromatic carbocycles. The van der Waals surface area contributed by atoms with Crippen molar-refractivity contribution in [1.29, 1.82) is 0 Å². The minimum absolute atomic E-state index is 0.127. The molecule has 6 rings (SSSR count). The average molecular weight is 481 g/mol. The third kappa shape index (κ3) is 4.58. The Balaban J connectivity index is 1.17. The van der Waals surface area contributed by atoms with Crippen molar-refractivity contribution < 1.29 is 4.79 Å². The number of piperidine rings is 1. The number of amides is 1. The summed E-state index contributed by atoms with van der Waals surface area (Å²) in [6.45, 7) is 6.10. The molecule has 0 bridgehead atoms. The average Bonchev–Trinajstić information content (AvgIpc) is 3.59. The second kappa shape index (κ2) is 9.74. The van der Waals surface area contributed by atoms with E-state index < -0.39 is 0 Å². The molecule has 2 aromatic heterocycles. The molecule has 0 unspecified atom stereocenters. The molecule has 0 saturated carbocycles. The fraction of sp³-hybridized carbons (Fsp3) is 0.345. The molecule has 4 aromatic rings. The maximum atomic E-state index is 13.1. The Morgan fingerprint density at radius 2 is 1.64 bits per heavy atom. The molecule has 2 fully saturated rings. The number of rotatable bonds is 5. The Labute approximate surface area is 211 Å². The lowest BCUT2D eigenvalue weighted by Gasteiger charge is -2.36. The normalized spacial score (nSPS) is 17.1. The Bertz CT molecular complexity index is 1350. The summed E-state index contributed by atoms with van der Waals surface area (Å²) in [4.78, 5) is 22.6. The third-order valence-electron chi connectivity index (χ3n) is 7.43. The molecule has 1 N–H and O–H groups in total. The zero-order chi connectivity index (χ0) is 24.5. The lowest BCUT2D eigenvalue weighted by atomic mass is 10.0. The van der Waals surface area contributed by atoms with Crippen molar-refractivity contribution in [3.8, 4) is 11.3 Å². The molecule has 36 heavy (non-hydrogen) atoms. The largest absolute Gasteiger partial charge is 0.340 e. The molecule has 2 aliphatic rings. The van der Waals surface area contributed by atoms with E-state index in [0.29, 0.717) is 6.04 Å². The third-order valence-corrected chi connectivity index (χ3v) is 7.43. The summed E-state index contributed by atoms with van der Waals surface area (Å²) in [6.07, 6.45) is 4.79. The van der Waals surface area contributed by atoms with Gasteiger partial charge in [-0.3, -0.25) is 4.79 Å². The summed E-state index contributed by atoms with van der Waals surface area (Å²) in [6, 6.07) is 22.6. The lowest BCUT2D eigenvalue weighted by Crippen LogP contribution is -2.45. The molecule has 0 atom stereocenters. The molecule has 2 aliphatic heterocycles. The van der Waals surface area contributed by atoms with Crippen LogP contribution in [0.3, 0.4) is 0 Å². The van der Waals surface area contributed by atoms with Gasteiger partial charge in [-0.15, -0.1) is 0 Å². The highest BCUT2D eigenvalue weighted by atomic mass is 16.2. The summed E-state index contributed by atoms with van der Waals surface area (Å²) >= 11 is 0. The first-order valence-electron chi connectivity index (χ1n) is 13.0. The second-order valence-corrected chi connectivity index (χ2v) is 9.92. The highest BCUT2D eigenvalue weighted by molar-refractivity contribution is 5.94. The highest BCUT2D eigenvalue weighted by Gasteiger charge is 2.28. The number of carbonyl (C=O) groups excluding carboxylic acids is 1. The number of nitrogens with zero attached hydrogens (tertiary/aromatic N) is 5. The molecular formula is C29H32N6O. The van der Waals surface area contributed by atoms with Crippen molar-refractivity contribution >= 4 is 23.1 Å². The molecule has 0 spiro atoms. The van der Waals surface area contributed by atoms with Gasteiger partial charge < -0.3 is 15.1 Å². The Morgan fingerprint density at radius 1 is 0.917 bits per heavy atom. The Kier molecular flexibility index (Phi) is 6.15. The number of fused-ring (bicyclic) bond motifs is 1. The summed E-state index contributed by atoms with van der Waals surface area (Å²) < 4.78 is 1.82. The summed E-state index contributed by atoms with van der Waals surface area (Å²) in [5.41, 5.74) is 5.27. The van der Waals surface area contributed by atoms with Crippen LogP contribution in [0.5, 0.6) is 0 Å². The molecule has 184 valence electrons. The van der Waals surface area contributed by atoms with Gasteiger partial charge in [-0.05, 0) is 70.0 Å². The number of hydrogen-bond acceptors (Lipinski definition) is 5. The number of hydrogen-bond donors (Lipinski definition) is 1. The minimum Gasteiger partial charge on any atom is -0.340 e. The van der Waals surface area contributed by atoms with Crippen LogP contribution in [0, 0.1) is 6.92 Å². The number of benzene rings is 2. The molecular weight excluding hydrogens is 448 g/mol. The summed E-state index contributed by atoms with van der Waals surface area (Å²) in [5, 5.41) is 8.10. The molecule has 4 heterocycles. The van der Waals surface area contributed by atoms with Crippen molar-refractivity contribution in [1.82, 2.24) is 24.4 Å². The summed E-state index contributed by atoms with van der Waals surface area (Å²) in [5.74, 6) is 0.955. The van der Waals surface area contributed by atoms with Crippen molar-refractivity contribution in [2.45, 2.75) is 38.6 Å². The lowest BCUT2D eigenvalue weighted by molar-refractivity contribution is 0.0644. The van der Waals surface area contributed by atoms with E-state index in [-0.39, 0.29) is 5.91 Å². The van der Waals surface area contributed by atoms with Gasteiger partial charge in [0, 0.05) is 48.1 Å². The molecule has 7 nitrogen and oxygen atoms in total. The van der Waals surface area contributed by atoms with Crippen LogP contribution in [0.2, 0.25) is 0 Å². The predicted octanol–water partition coefficient (Wildman–Crippen LogP) is 5.15. The monoisotopic (exact) mass is 480 g/mol. The van der Waals surface area contributed by atoms with E-state index in [1.54, 1.807) is 0 Å². The molecule has 0 aliphatic carbocycles. The number of carbonyl (C=O) groups is 1. The van der Waals surface area contributed by atoms with E-state index in [4.69, 9.17) is 4.98 Å². The summed E-state index contributed by atoms with van der Waals surface area (Å²) in [7, 11) is 0. The topological polar surface area (TPSA) is 65.8 Å². The van der Waals surface area contributed by atoms with Crippen LogP contribution < -0.4 is 5.32 Å². The van der Waals surface area contributed by atoms with E-state index in [1.807, 2.05) is 70.9 Å². The van der Waals surface area contributed by atoms with Crippen LogP contribution in [-0.4, -0.2) is 62.5 Å². The smallest absolute Gasteiger partial charge is 0.253 e. The number of aryl methyl sites for hydroxylation is 1. The van der Waals surface area contributed by atoms with Crippen LogP contribution in [0.4, 0.5) is 11.5 Å². The van der Waals surface area contributed by atoms with E-state index in [2.05, 4.69) is 27.4 Å². The van der Waals surface area contributed by atoms with Crippen molar-refractivity contribution in [2.75, 3.05) is 31.5 Å². The maximum Gasteiger partial charge on any atom is 0.253 e. The number of aromatic nitrogens is 3. The first-order chi connectivity index (χ1) is 17.6. The number of anilines is 2. The van der Waals surface area contributed by atoms with Crippen LogP contribution in [0.15, 0.2) is 66.7 Å². The second-order valence-electron chi connectivity index (χ2n) is 9.92. The van der Waals surface area contributed by atoms with Gasteiger partial charge in [0.15, 0.2) is 5.65 Å². The Morgan fingerprint density at radius 3 is 2.36 bits per heavy atom. The van der Waals surface area contributed by atoms with Gasteiger partial charge in [0.1, 0.15) is 5.82 Å². The predicted molar refractivity (Wildman–Crippen MR) is 143 cm³/mol. The first kappa shape index (κ1) is 22.7. The van der Waals surface area contributed by atoms with Crippen molar-refractivity contribution in [3.63, 3.8) is 0 Å². The van der Waals surface area contributed by atoms with Gasteiger partial charge in [0.25, 0.3) is 5.91 Å². The quantitative estimate of drug-likeness (QED) is 0.428. The molecule has 7 heteroatoms.